The number of fused-ring (bicyclic) bond motifs is 1. The molecular formula is C20H20N2O3S. The van der Waals surface area contributed by atoms with Gasteiger partial charge < -0.3 is 10.5 Å². The van der Waals surface area contributed by atoms with E-state index in [1.54, 1.807) is 6.92 Å². The number of carbonyl (C=O) groups is 2. The van der Waals surface area contributed by atoms with Crippen molar-refractivity contribution in [2.24, 2.45) is 0 Å². The monoisotopic (exact) mass is 368 g/mol. The maximum Gasteiger partial charge on any atom is 0.341 e. The van der Waals surface area contributed by atoms with Crippen LogP contribution in [0.3, 0.4) is 0 Å². The first kappa shape index (κ1) is 18.2. The molecule has 6 heteroatoms. The van der Waals surface area contributed by atoms with Gasteiger partial charge in [0.15, 0.2) is 5.78 Å². The lowest BCUT2D eigenvalue weighted by Crippen LogP contribution is -2.39. The van der Waals surface area contributed by atoms with Crippen molar-refractivity contribution in [3.63, 3.8) is 0 Å². The summed E-state index contributed by atoms with van der Waals surface area (Å²) in [6.07, 6.45) is 1.86. The fraction of sp³-hybridized carbons (Fsp3) is 0.350. The van der Waals surface area contributed by atoms with Gasteiger partial charge in [-0.15, -0.1) is 11.3 Å². The number of ketones is 1. The predicted molar refractivity (Wildman–Crippen MR) is 100 cm³/mol. The molecule has 1 aliphatic carbocycles. The van der Waals surface area contributed by atoms with Crippen molar-refractivity contribution in [2.75, 3.05) is 12.3 Å². The Morgan fingerprint density at radius 3 is 2.77 bits per heavy atom. The van der Waals surface area contributed by atoms with E-state index in [1.807, 2.05) is 30.3 Å². The van der Waals surface area contributed by atoms with E-state index in [9.17, 15) is 9.59 Å². The number of thiophene rings is 1. The highest BCUT2D eigenvalue weighted by atomic mass is 32.1. The van der Waals surface area contributed by atoms with Gasteiger partial charge in [0.1, 0.15) is 5.00 Å². The third-order valence-corrected chi connectivity index (χ3v) is 6.01. The van der Waals surface area contributed by atoms with Crippen LogP contribution in [0.25, 0.3) is 0 Å². The third-order valence-electron chi connectivity index (χ3n) is 4.95. The SMILES string of the molecule is CCOC(=O)c1c(N)sc2c1CCC(CCC#N)(c1ccccc1)C2=O. The molecule has 0 saturated carbocycles. The molecule has 5 nitrogen and oxygen atoms in total. The van der Waals surface area contributed by atoms with E-state index < -0.39 is 11.4 Å². The van der Waals surface area contributed by atoms with Crippen molar-refractivity contribution in [1.82, 2.24) is 0 Å². The van der Waals surface area contributed by atoms with E-state index in [4.69, 9.17) is 15.7 Å². The Kier molecular flexibility index (Phi) is 5.10. The van der Waals surface area contributed by atoms with Gasteiger partial charge in [0.05, 0.1) is 28.5 Å². The van der Waals surface area contributed by atoms with E-state index in [-0.39, 0.29) is 12.4 Å². The zero-order valence-corrected chi connectivity index (χ0v) is 15.4. The number of anilines is 1. The van der Waals surface area contributed by atoms with Gasteiger partial charge in [-0.2, -0.15) is 5.26 Å². The molecule has 0 bridgehead atoms. The lowest BCUT2D eigenvalue weighted by atomic mass is 9.66. The van der Waals surface area contributed by atoms with E-state index in [1.165, 1.54) is 0 Å². The summed E-state index contributed by atoms with van der Waals surface area (Å²) in [7, 11) is 0. The molecule has 3 rings (SSSR count). The molecule has 2 aromatic rings. The fourth-order valence-electron chi connectivity index (χ4n) is 3.69. The number of Topliss-reactive ketones (excluding diaryl/α,β-unsaturated/α-hetero) is 1. The van der Waals surface area contributed by atoms with Crippen molar-refractivity contribution in [2.45, 2.75) is 38.0 Å². The Bertz CT molecular complexity index is 882. The molecule has 0 amide bonds. The number of nitrogens with two attached hydrogens (primary N) is 1. The molecule has 1 aromatic carbocycles. The molecule has 1 heterocycles. The molecule has 26 heavy (non-hydrogen) atoms. The number of benzene rings is 1. The molecule has 1 aliphatic rings. The zero-order chi connectivity index (χ0) is 18.7. The van der Waals surface area contributed by atoms with E-state index >= 15 is 0 Å². The van der Waals surface area contributed by atoms with Crippen LogP contribution in [0.4, 0.5) is 5.00 Å². The van der Waals surface area contributed by atoms with Crippen molar-refractivity contribution in [1.29, 1.82) is 5.26 Å². The molecule has 134 valence electrons. The summed E-state index contributed by atoms with van der Waals surface area (Å²) in [5.41, 5.74) is 7.25. The minimum atomic E-state index is -0.743. The van der Waals surface area contributed by atoms with Crippen molar-refractivity contribution in [3.05, 3.63) is 51.9 Å². The number of nitrogen functional groups attached to an aromatic ring is 1. The van der Waals surface area contributed by atoms with Gasteiger partial charge in [-0.25, -0.2) is 4.79 Å². The first-order valence-electron chi connectivity index (χ1n) is 8.60. The molecule has 0 radical (unpaired) electrons. The number of ether oxygens (including phenoxy) is 1. The predicted octanol–water partition coefficient (Wildman–Crippen LogP) is 3.88. The minimum absolute atomic E-state index is 0.0487. The summed E-state index contributed by atoms with van der Waals surface area (Å²) in [6.45, 7) is 1.99. The van der Waals surface area contributed by atoms with E-state index in [0.29, 0.717) is 46.7 Å². The Labute approximate surface area is 156 Å². The summed E-state index contributed by atoms with van der Waals surface area (Å²) in [6, 6.07) is 11.7. The summed E-state index contributed by atoms with van der Waals surface area (Å²) in [4.78, 5) is 26.3. The number of hydrogen-bond acceptors (Lipinski definition) is 6. The number of rotatable bonds is 5. The molecule has 1 unspecified atom stereocenters. The quantitative estimate of drug-likeness (QED) is 0.809. The van der Waals surface area contributed by atoms with Gasteiger partial charge in [0.2, 0.25) is 0 Å². The smallest absolute Gasteiger partial charge is 0.341 e. The maximum absolute atomic E-state index is 13.5. The molecule has 0 fully saturated rings. The molecule has 1 aromatic heterocycles. The van der Waals surface area contributed by atoms with Crippen molar-refractivity contribution >= 4 is 28.1 Å². The summed E-state index contributed by atoms with van der Waals surface area (Å²) < 4.78 is 5.10. The first-order chi connectivity index (χ1) is 12.5. The van der Waals surface area contributed by atoms with Gasteiger partial charge in [0.25, 0.3) is 0 Å². The van der Waals surface area contributed by atoms with Crippen molar-refractivity contribution in [3.8, 4) is 6.07 Å². The van der Waals surface area contributed by atoms with Gasteiger partial charge in [-0.3, -0.25) is 4.79 Å². The van der Waals surface area contributed by atoms with Crippen LogP contribution in [0, 0.1) is 11.3 Å². The second kappa shape index (κ2) is 7.30. The van der Waals surface area contributed by atoms with Crippen LogP contribution >= 0.6 is 11.3 Å². The van der Waals surface area contributed by atoms with Gasteiger partial charge in [0, 0.05) is 6.42 Å². The van der Waals surface area contributed by atoms with Gasteiger partial charge in [-0.1, -0.05) is 30.3 Å². The van der Waals surface area contributed by atoms with Crippen LogP contribution in [0.5, 0.6) is 0 Å². The number of nitrogens with zero attached hydrogens (tertiary/aromatic N) is 1. The number of esters is 1. The summed E-state index contributed by atoms with van der Waals surface area (Å²) in [5.74, 6) is -0.521. The Morgan fingerprint density at radius 2 is 2.12 bits per heavy atom. The lowest BCUT2D eigenvalue weighted by molar-refractivity contribution is 0.0526. The molecule has 0 aliphatic heterocycles. The normalized spacial score (nSPS) is 18.8. The third kappa shape index (κ3) is 2.89. The summed E-state index contributed by atoms with van der Waals surface area (Å²) in [5, 5.41) is 9.40. The first-order valence-corrected chi connectivity index (χ1v) is 9.42. The highest BCUT2D eigenvalue weighted by Gasteiger charge is 2.46. The van der Waals surface area contributed by atoms with E-state index in [0.717, 1.165) is 16.9 Å². The maximum atomic E-state index is 13.5. The minimum Gasteiger partial charge on any atom is -0.462 e. The number of carbonyl (C=O) groups excluding carboxylic acids is 2. The summed E-state index contributed by atoms with van der Waals surface area (Å²) >= 11 is 1.15. The second-order valence-corrected chi connectivity index (χ2v) is 7.36. The highest BCUT2D eigenvalue weighted by molar-refractivity contribution is 7.18. The molecule has 0 spiro atoms. The van der Waals surface area contributed by atoms with E-state index in [2.05, 4.69) is 6.07 Å². The number of nitriles is 1. The Morgan fingerprint density at radius 1 is 1.38 bits per heavy atom. The van der Waals surface area contributed by atoms with Crippen LogP contribution < -0.4 is 5.73 Å². The average Bonchev–Trinajstić information content (AvgIpc) is 2.99. The van der Waals surface area contributed by atoms with Crippen LogP contribution in [0.2, 0.25) is 0 Å². The number of hydrogen-bond donors (Lipinski definition) is 1. The van der Waals surface area contributed by atoms with Crippen molar-refractivity contribution < 1.29 is 14.3 Å². The van der Waals surface area contributed by atoms with Gasteiger partial charge in [-0.05, 0) is 37.3 Å². The zero-order valence-electron chi connectivity index (χ0n) is 14.6. The molecular weight excluding hydrogens is 348 g/mol. The van der Waals surface area contributed by atoms with Crippen LogP contribution in [-0.4, -0.2) is 18.4 Å². The van der Waals surface area contributed by atoms with Crippen LogP contribution in [0.1, 0.15) is 57.3 Å². The second-order valence-electron chi connectivity index (χ2n) is 6.30. The lowest BCUT2D eigenvalue weighted by Gasteiger charge is -2.35. The standard InChI is InChI=1S/C20H20N2O3S/c1-2-25-19(24)15-14-9-11-20(10-6-12-21,13-7-4-3-5-8-13)17(23)16(14)26-18(15)22/h3-5,7-8H,2,6,9-11,22H2,1H3. The Hall–Kier alpha value is -2.65. The van der Waals surface area contributed by atoms with Crippen LogP contribution in [-0.2, 0) is 16.6 Å². The van der Waals surface area contributed by atoms with Gasteiger partial charge >= 0.3 is 5.97 Å². The average molecular weight is 368 g/mol. The Balaban J connectivity index is 2.09. The molecule has 0 saturated heterocycles. The topological polar surface area (TPSA) is 93.2 Å². The highest BCUT2D eigenvalue weighted by Crippen LogP contribution is 2.46. The fourth-order valence-corrected chi connectivity index (χ4v) is 4.83. The molecule has 1 atom stereocenters. The largest absolute Gasteiger partial charge is 0.462 e. The molecule has 2 N–H and O–H groups in total. The van der Waals surface area contributed by atoms with Crippen LogP contribution in [0.15, 0.2) is 30.3 Å².